The molecule has 0 bridgehead atoms. The van der Waals surface area contributed by atoms with Crippen LogP contribution in [0, 0.1) is 0 Å². The first-order valence-electron chi connectivity index (χ1n) is 8.43. The number of amides is 1. The number of halogens is 2. The van der Waals surface area contributed by atoms with Gasteiger partial charge in [0.05, 0.1) is 10.2 Å². The lowest BCUT2D eigenvalue weighted by molar-refractivity contribution is 0.0973. The number of hydrogen-bond donors (Lipinski definition) is 0. The van der Waals surface area contributed by atoms with Crippen LogP contribution >= 0.6 is 39.7 Å². The number of rotatable bonds is 6. The van der Waals surface area contributed by atoms with E-state index in [1.165, 1.54) is 11.3 Å². The molecule has 2 heterocycles. The number of likely N-dealkylation sites (N-methyl/N-ethyl adjacent to an activating group) is 1. The second-order valence-corrected chi connectivity index (χ2v) is 8.55. The van der Waals surface area contributed by atoms with Gasteiger partial charge in [0.2, 0.25) is 0 Å². The first-order valence-corrected chi connectivity index (χ1v) is 10.0. The molecule has 9 heteroatoms. The average molecular weight is 473 g/mol. The van der Waals surface area contributed by atoms with E-state index in [0.717, 1.165) is 21.2 Å². The van der Waals surface area contributed by atoms with Crippen LogP contribution < -0.4 is 4.90 Å². The normalized spacial score (nSPS) is 11.2. The number of carbonyl (C=O) groups excluding carboxylic acids is 1. The molecule has 0 saturated heterocycles. The molecule has 0 unspecified atom stereocenters. The molecule has 0 aliphatic heterocycles. The molecule has 2 aromatic heterocycles. The molecule has 0 fully saturated rings. The van der Waals surface area contributed by atoms with Crippen LogP contribution in [0.2, 0.25) is 0 Å². The van der Waals surface area contributed by atoms with Crippen molar-refractivity contribution in [2.45, 2.75) is 19.9 Å². The summed E-state index contributed by atoms with van der Waals surface area (Å²) in [5.74, 6) is -0.0730. The van der Waals surface area contributed by atoms with Gasteiger partial charge in [-0.3, -0.25) is 14.4 Å². The quantitative estimate of drug-likeness (QED) is 0.531. The van der Waals surface area contributed by atoms with Crippen LogP contribution in [0.25, 0.3) is 10.2 Å². The Hall–Kier alpha value is -1.48. The third-order valence-electron chi connectivity index (χ3n) is 3.96. The lowest BCUT2D eigenvalue weighted by atomic mass is 10.3. The van der Waals surface area contributed by atoms with Gasteiger partial charge < -0.3 is 4.90 Å². The summed E-state index contributed by atoms with van der Waals surface area (Å²) >= 11 is 5.02. The van der Waals surface area contributed by atoms with Gasteiger partial charge in [0.1, 0.15) is 5.69 Å². The predicted molar refractivity (Wildman–Crippen MR) is 117 cm³/mol. The Morgan fingerprint density at radius 3 is 2.67 bits per heavy atom. The lowest BCUT2D eigenvalue weighted by Gasteiger charge is -2.22. The number of aromatic nitrogens is 3. The van der Waals surface area contributed by atoms with E-state index in [2.05, 4.69) is 25.9 Å². The Labute approximate surface area is 177 Å². The molecule has 0 N–H and O–H groups in total. The fourth-order valence-electron chi connectivity index (χ4n) is 2.62. The maximum Gasteiger partial charge on any atom is 0.278 e. The van der Waals surface area contributed by atoms with Crippen molar-refractivity contribution in [1.29, 1.82) is 0 Å². The highest BCUT2D eigenvalue weighted by molar-refractivity contribution is 9.10. The van der Waals surface area contributed by atoms with Gasteiger partial charge in [-0.15, -0.1) is 12.4 Å². The van der Waals surface area contributed by atoms with Crippen molar-refractivity contribution in [3.8, 4) is 0 Å². The van der Waals surface area contributed by atoms with Crippen LogP contribution in [0.1, 0.15) is 30.4 Å². The van der Waals surface area contributed by atoms with Crippen LogP contribution in [0.3, 0.4) is 0 Å². The number of nitrogens with zero attached hydrogens (tertiary/aromatic N) is 5. The van der Waals surface area contributed by atoms with Crippen LogP contribution in [0.4, 0.5) is 5.13 Å². The number of hydrogen-bond acceptors (Lipinski definition) is 5. The molecular formula is C18H23BrClN5OS. The maximum atomic E-state index is 13.3. The lowest BCUT2D eigenvalue weighted by Crippen LogP contribution is -2.38. The van der Waals surface area contributed by atoms with Gasteiger partial charge in [-0.05, 0) is 52.2 Å². The molecule has 27 heavy (non-hydrogen) atoms. The summed E-state index contributed by atoms with van der Waals surface area (Å²) in [5, 5.41) is 5.01. The molecule has 6 nitrogen and oxygen atoms in total. The Kier molecular flexibility index (Phi) is 7.39. The summed E-state index contributed by atoms with van der Waals surface area (Å²) in [6, 6.07) is 7.85. The predicted octanol–water partition coefficient (Wildman–Crippen LogP) is 4.47. The van der Waals surface area contributed by atoms with E-state index in [4.69, 9.17) is 4.98 Å². The number of anilines is 1. The largest absolute Gasteiger partial charge is 0.308 e. The molecule has 0 radical (unpaired) electrons. The number of carbonyl (C=O) groups is 1. The fraction of sp³-hybridized carbons (Fsp3) is 0.389. The van der Waals surface area contributed by atoms with Gasteiger partial charge in [0.25, 0.3) is 5.91 Å². The minimum Gasteiger partial charge on any atom is -0.308 e. The van der Waals surface area contributed by atoms with Gasteiger partial charge in [0.15, 0.2) is 5.13 Å². The molecule has 3 aromatic rings. The third kappa shape index (κ3) is 4.87. The molecule has 0 spiro atoms. The average Bonchev–Trinajstić information content (AvgIpc) is 3.20. The summed E-state index contributed by atoms with van der Waals surface area (Å²) in [6.45, 7) is 5.35. The maximum absolute atomic E-state index is 13.3. The number of thiazole rings is 1. The molecule has 1 amide bonds. The molecule has 0 atom stereocenters. The van der Waals surface area contributed by atoms with Crippen LogP contribution in [0.5, 0.6) is 0 Å². The van der Waals surface area contributed by atoms with Crippen LogP contribution in [-0.4, -0.2) is 52.8 Å². The highest BCUT2D eigenvalue weighted by Gasteiger charge is 2.25. The zero-order valence-corrected chi connectivity index (χ0v) is 18.9. The minimum atomic E-state index is -0.0730. The molecule has 1 aromatic carbocycles. The van der Waals surface area contributed by atoms with Gasteiger partial charge in [-0.1, -0.05) is 27.3 Å². The van der Waals surface area contributed by atoms with E-state index in [0.29, 0.717) is 17.4 Å². The van der Waals surface area contributed by atoms with E-state index in [1.54, 1.807) is 21.8 Å². The van der Waals surface area contributed by atoms with Crippen molar-refractivity contribution < 1.29 is 4.79 Å². The van der Waals surface area contributed by atoms with Crippen molar-refractivity contribution in [2.24, 2.45) is 0 Å². The molecule has 0 saturated carbocycles. The van der Waals surface area contributed by atoms with Crippen molar-refractivity contribution in [3.63, 3.8) is 0 Å². The monoisotopic (exact) mass is 471 g/mol. The van der Waals surface area contributed by atoms with Gasteiger partial charge in [-0.2, -0.15) is 5.10 Å². The van der Waals surface area contributed by atoms with E-state index in [1.807, 2.05) is 46.1 Å². The number of benzene rings is 1. The highest BCUT2D eigenvalue weighted by Crippen LogP contribution is 2.31. The molecule has 0 aliphatic carbocycles. The molecule has 3 rings (SSSR count). The topological polar surface area (TPSA) is 54.3 Å². The van der Waals surface area contributed by atoms with Crippen molar-refractivity contribution in [2.75, 3.05) is 32.1 Å². The Morgan fingerprint density at radius 2 is 2.00 bits per heavy atom. The van der Waals surface area contributed by atoms with Gasteiger partial charge in [-0.25, -0.2) is 4.98 Å². The molecular weight excluding hydrogens is 450 g/mol. The smallest absolute Gasteiger partial charge is 0.278 e. The number of fused-ring (bicyclic) bond motifs is 1. The van der Waals surface area contributed by atoms with E-state index in [-0.39, 0.29) is 24.4 Å². The molecule has 146 valence electrons. The fourth-order valence-corrected chi connectivity index (χ4v) is 4.16. The Morgan fingerprint density at radius 1 is 1.26 bits per heavy atom. The summed E-state index contributed by atoms with van der Waals surface area (Å²) in [4.78, 5) is 21.8. The van der Waals surface area contributed by atoms with Crippen molar-refractivity contribution in [3.05, 3.63) is 40.6 Å². The van der Waals surface area contributed by atoms with Gasteiger partial charge >= 0.3 is 0 Å². The van der Waals surface area contributed by atoms with E-state index < -0.39 is 0 Å². The van der Waals surface area contributed by atoms with E-state index in [9.17, 15) is 4.79 Å². The second kappa shape index (κ2) is 9.14. The van der Waals surface area contributed by atoms with Crippen LogP contribution in [-0.2, 0) is 0 Å². The zero-order chi connectivity index (χ0) is 18.8. The van der Waals surface area contributed by atoms with E-state index >= 15 is 0 Å². The first kappa shape index (κ1) is 21.8. The standard InChI is InChI=1S/C18H22BrN5OS.ClH/c1-12(2)24-15(7-8-20-24)17(25)23(10-9-22(3)4)18-21-14-6-5-13(19)11-16(14)26-18;/h5-8,11-12H,9-10H2,1-4H3;1H. The highest BCUT2D eigenvalue weighted by atomic mass is 79.9. The SMILES string of the molecule is CC(C)n1nccc1C(=O)N(CCN(C)C)c1nc2ccc(Br)cc2s1.Cl. The summed E-state index contributed by atoms with van der Waals surface area (Å²) < 4.78 is 3.81. The van der Waals surface area contributed by atoms with Crippen molar-refractivity contribution in [1.82, 2.24) is 19.7 Å². The van der Waals surface area contributed by atoms with Crippen molar-refractivity contribution >= 4 is 60.9 Å². The Balaban J connectivity index is 0.00000261. The summed E-state index contributed by atoms with van der Waals surface area (Å²) in [6.07, 6.45) is 1.67. The van der Waals surface area contributed by atoms with Gasteiger partial charge in [0, 0.05) is 29.8 Å². The summed E-state index contributed by atoms with van der Waals surface area (Å²) in [7, 11) is 3.99. The second-order valence-electron chi connectivity index (χ2n) is 6.62. The van der Waals surface area contributed by atoms with Crippen LogP contribution in [0.15, 0.2) is 34.9 Å². The summed E-state index contributed by atoms with van der Waals surface area (Å²) in [5.41, 5.74) is 1.48. The Bertz CT molecular complexity index is 924. The zero-order valence-electron chi connectivity index (χ0n) is 15.7. The molecule has 0 aliphatic rings. The first-order chi connectivity index (χ1) is 12.4. The third-order valence-corrected chi connectivity index (χ3v) is 5.50. The minimum absolute atomic E-state index is 0.